The lowest BCUT2D eigenvalue weighted by Crippen LogP contribution is -2.53. The van der Waals surface area contributed by atoms with E-state index in [1.807, 2.05) is 20.8 Å². The van der Waals surface area contributed by atoms with E-state index >= 15 is 0 Å². The van der Waals surface area contributed by atoms with Crippen LogP contribution < -0.4 is 5.73 Å². The van der Waals surface area contributed by atoms with Crippen LogP contribution in [0, 0.1) is 0 Å². The van der Waals surface area contributed by atoms with Gasteiger partial charge in [0.15, 0.2) is 0 Å². The molecule has 1 heterocycles. The van der Waals surface area contributed by atoms with Crippen LogP contribution in [0.1, 0.15) is 33.6 Å². The van der Waals surface area contributed by atoms with Gasteiger partial charge < -0.3 is 5.73 Å². The molecule has 5 heteroatoms. The molecule has 2 N–H and O–H groups in total. The minimum absolute atomic E-state index is 0.0997. The Kier molecular flexibility index (Phi) is 3.23. The summed E-state index contributed by atoms with van der Waals surface area (Å²) in [6, 6.07) is -0.248. The van der Waals surface area contributed by atoms with Crippen molar-refractivity contribution in [2.24, 2.45) is 5.73 Å². The molecule has 0 amide bonds. The van der Waals surface area contributed by atoms with Gasteiger partial charge in [0.25, 0.3) is 0 Å². The van der Waals surface area contributed by atoms with Crippen LogP contribution in [0.15, 0.2) is 0 Å². The Labute approximate surface area is 86.5 Å². The Morgan fingerprint density at radius 2 is 1.86 bits per heavy atom. The number of hydrogen-bond donors (Lipinski definition) is 1. The zero-order chi connectivity index (χ0) is 11.0. The Hall–Kier alpha value is -0.130. The predicted molar refractivity (Wildman–Crippen MR) is 57.5 cm³/mol. The summed E-state index contributed by atoms with van der Waals surface area (Å²) in [7, 11) is -3.11. The first kappa shape index (κ1) is 11.9. The maximum absolute atomic E-state index is 11.8. The first-order valence-electron chi connectivity index (χ1n) is 5.20. The number of hydrogen-bond acceptors (Lipinski definition) is 3. The molecule has 0 aromatic rings. The van der Waals surface area contributed by atoms with E-state index in [1.54, 1.807) is 4.31 Å². The maximum Gasteiger partial charge on any atom is 0.216 e. The lowest BCUT2D eigenvalue weighted by molar-refractivity contribution is 0.173. The van der Waals surface area contributed by atoms with Crippen molar-refractivity contribution < 1.29 is 8.42 Å². The summed E-state index contributed by atoms with van der Waals surface area (Å²) in [5.41, 5.74) is 5.62. The van der Waals surface area contributed by atoms with Crippen molar-refractivity contribution in [3.8, 4) is 0 Å². The molecule has 0 aromatic carbocycles. The molecule has 0 radical (unpaired) electrons. The van der Waals surface area contributed by atoms with E-state index in [4.69, 9.17) is 5.73 Å². The van der Waals surface area contributed by atoms with E-state index in [-0.39, 0.29) is 17.3 Å². The summed E-state index contributed by atoms with van der Waals surface area (Å²) in [5, 5.41) is 0. The van der Waals surface area contributed by atoms with Crippen LogP contribution in [0.2, 0.25) is 0 Å². The number of sulfonamides is 1. The number of likely N-dealkylation sites (N-methyl/N-ethyl adjacent to an activating group) is 1. The molecular formula is C9H20N2O2S. The van der Waals surface area contributed by atoms with Crippen LogP contribution in [0.3, 0.4) is 0 Å². The van der Waals surface area contributed by atoms with Gasteiger partial charge in [-0.3, -0.25) is 0 Å². The largest absolute Gasteiger partial charge is 0.325 e. The number of nitrogens with zero attached hydrogens (tertiary/aromatic N) is 1. The summed E-state index contributed by atoms with van der Waals surface area (Å²) in [6.07, 6.45) is 1.58. The molecule has 0 saturated carbocycles. The van der Waals surface area contributed by atoms with E-state index in [0.29, 0.717) is 6.54 Å². The van der Waals surface area contributed by atoms with Gasteiger partial charge >= 0.3 is 0 Å². The minimum Gasteiger partial charge on any atom is -0.325 e. The Morgan fingerprint density at radius 3 is 2.14 bits per heavy atom. The first-order valence-corrected chi connectivity index (χ1v) is 6.81. The van der Waals surface area contributed by atoms with E-state index in [1.165, 1.54) is 0 Å². The predicted octanol–water partition coefficient (Wildman–Crippen LogP) is 0.538. The van der Waals surface area contributed by atoms with Crippen LogP contribution in [-0.4, -0.2) is 36.6 Å². The first-order chi connectivity index (χ1) is 6.44. The topological polar surface area (TPSA) is 63.4 Å². The van der Waals surface area contributed by atoms with Crippen LogP contribution in [0.5, 0.6) is 0 Å². The smallest absolute Gasteiger partial charge is 0.216 e. The molecule has 0 bridgehead atoms. The van der Waals surface area contributed by atoms with Crippen LogP contribution in [0.25, 0.3) is 0 Å². The van der Waals surface area contributed by atoms with Crippen molar-refractivity contribution in [2.45, 2.75) is 45.2 Å². The zero-order valence-corrected chi connectivity index (χ0v) is 9.97. The summed E-state index contributed by atoms with van der Waals surface area (Å²) < 4.78 is 25.2. The lowest BCUT2D eigenvalue weighted by atomic mass is 9.86. The monoisotopic (exact) mass is 220 g/mol. The molecule has 1 aliphatic rings. The number of rotatable bonds is 3. The lowest BCUT2D eigenvalue weighted by Gasteiger charge is -2.37. The van der Waals surface area contributed by atoms with E-state index in [0.717, 1.165) is 12.8 Å². The molecule has 1 rings (SSSR count). The third kappa shape index (κ3) is 1.47. The second kappa shape index (κ2) is 3.79. The molecular weight excluding hydrogens is 200 g/mol. The molecule has 1 aliphatic heterocycles. The normalized spacial score (nSPS) is 30.7. The fourth-order valence-electron chi connectivity index (χ4n) is 2.57. The highest BCUT2D eigenvalue weighted by molar-refractivity contribution is 7.89. The second-order valence-electron chi connectivity index (χ2n) is 3.86. The average molecular weight is 220 g/mol. The summed E-state index contributed by atoms with van der Waals surface area (Å²) >= 11 is 0. The molecule has 0 spiro atoms. The zero-order valence-electron chi connectivity index (χ0n) is 9.16. The highest BCUT2D eigenvalue weighted by Gasteiger charge is 2.52. The van der Waals surface area contributed by atoms with Crippen LogP contribution in [0.4, 0.5) is 0 Å². The molecule has 4 nitrogen and oxygen atoms in total. The second-order valence-corrected chi connectivity index (χ2v) is 5.80. The standard InChI is InChI=1S/C9H20N2O2S/c1-4-9(5-2)8(10)7-14(12,13)11(9)6-3/h8H,4-7,10H2,1-3H3. The van der Waals surface area contributed by atoms with E-state index in [2.05, 4.69) is 0 Å². The van der Waals surface area contributed by atoms with Crippen LogP contribution in [-0.2, 0) is 10.0 Å². The van der Waals surface area contributed by atoms with Crippen molar-refractivity contribution in [2.75, 3.05) is 12.3 Å². The van der Waals surface area contributed by atoms with Gasteiger partial charge in [-0.25, -0.2) is 8.42 Å². The Morgan fingerprint density at radius 1 is 1.36 bits per heavy atom. The third-order valence-corrected chi connectivity index (χ3v) is 5.50. The summed E-state index contributed by atoms with van der Waals surface area (Å²) in [5.74, 6) is 0.0997. The Balaban J connectivity index is 3.17. The molecule has 1 atom stereocenters. The van der Waals surface area contributed by atoms with Gasteiger partial charge in [0, 0.05) is 12.6 Å². The van der Waals surface area contributed by atoms with Crippen molar-refractivity contribution in [3.63, 3.8) is 0 Å². The fraction of sp³-hybridized carbons (Fsp3) is 1.00. The highest BCUT2D eigenvalue weighted by Crippen LogP contribution is 2.36. The molecule has 1 saturated heterocycles. The third-order valence-electron chi connectivity index (χ3n) is 3.42. The van der Waals surface area contributed by atoms with Crippen LogP contribution >= 0.6 is 0 Å². The van der Waals surface area contributed by atoms with Gasteiger partial charge in [0.2, 0.25) is 10.0 Å². The SMILES string of the molecule is CCN1C(CC)(CC)C(N)CS1(=O)=O. The van der Waals surface area contributed by atoms with Crippen molar-refractivity contribution >= 4 is 10.0 Å². The molecule has 1 fully saturated rings. The Bertz CT molecular complexity index is 296. The van der Waals surface area contributed by atoms with Gasteiger partial charge in [-0.1, -0.05) is 20.8 Å². The highest BCUT2D eigenvalue weighted by atomic mass is 32.2. The molecule has 0 aliphatic carbocycles. The van der Waals surface area contributed by atoms with Gasteiger partial charge in [-0.15, -0.1) is 0 Å². The maximum atomic E-state index is 11.8. The molecule has 1 unspecified atom stereocenters. The van der Waals surface area contributed by atoms with Crippen molar-refractivity contribution in [3.05, 3.63) is 0 Å². The van der Waals surface area contributed by atoms with Crippen molar-refractivity contribution in [1.82, 2.24) is 4.31 Å². The fourth-order valence-corrected chi connectivity index (χ4v) is 4.86. The molecule has 84 valence electrons. The molecule has 14 heavy (non-hydrogen) atoms. The average Bonchev–Trinajstić information content (AvgIpc) is 2.31. The van der Waals surface area contributed by atoms with Gasteiger partial charge in [-0.05, 0) is 12.8 Å². The summed E-state index contributed by atoms with van der Waals surface area (Å²) in [6.45, 7) is 6.41. The quantitative estimate of drug-likeness (QED) is 0.755. The summed E-state index contributed by atoms with van der Waals surface area (Å²) in [4.78, 5) is 0. The number of nitrogens with two attached hydrogens (primary N) is 1. The van der Waals surface area contributed by atoms with Crippen molar-refractivity contribution in [1.29, 1.82) is 0 Å². The van der Waals surface area contributed by atoms with Gasteiger partial charge in [0.05, 0.1) is 11.3 Å². The van der Waals surface area contributed by atoms with E-state index < -0.39 is 10.0 Å². The minimum atomic E-state index is -3.11. The van der Waals surface area contributed by atoms with Gasteiger partial charge in [0.1, 0.15) is 0 Å². The molecule has 0 aromatic heterocycles. The van der Waals surface area contributed by atoms with Gasteiger partial charge in [-0.2, -0.15) is 4.31 Å². The van der Waals surface area contributed by atoms with E-state index in [9.17, 15) is 8.42 Å².